The van der Waals surface area contributed by atoms with Crippen LogP contribution >= 0.6 is 33.9 Å². The van der Waals surface area contributed by atoms with E-state index in [1.807, 2.05) is 28.7 Å². The van der Waals surface area contributed by atoms with E-state index in [0.717, 1.165) is 16.1 Å². The van der Waals surface area contributed by atoms with Gasteiger partial charge in [0.25, 0.3) is 0 Å². The number of anilines is 1. The Morgan fingerprint density at radius 3 is 2.83 bits per heavy atom. The quantitative estimate of drug-likeness (QED) is 0.817. The molecule has 0 aliphatic heterocycles. The fourth-order valence-electron chi connectivity index (χ4n) is 1.82. The highest BCUT2D eigenvalue weighted by Gasteiger charge is 2.15. The summed E-state index contributed by atoms with van der Waals surface area (Å²) >= 11 is 3.54. The predicted molar refractivity (Wildman–Crippen MR) is 82.5 cm³/mol. The minimum atomic E-state index is -0.170. The molecule has 1 heterocycles. The van der Waals surface area contributed by atoms with Crippen LogP contribution in [0.4, 0.5) is 9.52 Å². The number of hydrogen-bond acceptors (Lipinski definition) is 3. The lowest BCUT2D eigenvalue weighted by Crippen LogP contribution is -1.98. The first-order chi connectivity index (χ1) is 8.49. The lowest BCUT2D eigenvalue weighted by molar-refractivity contribution is 0.618. The third kappa shape index (κ3) is 2.83. The number of nitrogen functional groups attached to an aromatic ring is 1. The van der Waals surface area contributed by atoms with Gasteiger partial charge in [-0.25, -0.2) is 9.37 Å². The van der Waals surface area contributed by atoms with Crippen LogP contribution in [0.1, 0.15) is 35.9 Å². The highest BCUT2D eigenvalue weighted by molar-refractivity contribution is 14.1. The van der Waals surface area contributed by atoms with Crippen molar-refractivity contribution < 1.29 is 4.39 Å². The molecular formula is C13H14FIN2S. The summed E-state index contributed by atoms with van der Waals surface area (Å²) in [6.45, 7) is 4.18. The van der Waals surface area contributed by atoms with Crippen molar-refractivity contribution in [2.24, 2.45) is 0 Å². The molecule has 1 aromatic heterocycles. The number of hydrogen-bond donors (Lipinski definition) is 1. The third-order valence-corrected chi connectivity index (χ3v) is 4.78. The van der Waals surface area contributed by atoms with Gasteiger partial charge in [0, 0.05) is 11.3 Å². The highest BCUT2D eigenvalue weighted by atomic mass is 127. The molecule has 0 fully saturated rings. The van der Waals surface area contributed by atoms with Crippen molar-refractivity contribution in [1.82, 2.24) is 4.98 Å². The van der Waals surface area contributed by atoms with Crippen molar-refractivity contribution in [1.29, 1.82) is 0 Å². The molecule has 2 aromatic rings. The summed E-state index contributed by atoms with van der Waals surface area (Å²) in [7, 11) is 0. The van der Waals surface area contributed by atoms with Crippen LogP contribution in [0, 0.1) is 9.39 Å². The van der Waals surface area contributed by atoms with Gasteiger partial charge in [-0.3, -0.25) is 0 Å². The molecule has 0 radical (unpaired) electrons. The molecular weight excluding hydrogens is 362 g/mol. The van der Waals surface area contributed by atoms with Crippen LogP contribution in [0.15, 0.2) is 18.2 Å². The Labute approximate surface area is 124 Å². The summed E-state index contributed by atoms with van der Waals surface area (Å²) in [6.07, 6.45) is 0.693. The topological polar surface area (TPSA) is 38.9 Å². The van der Waals surface area contributed by atoms with Gasteiger partial charge in [0.2, 0.25) is 0 Å². The first kappa shape index (κ1) is 13.7. The normalized spacial score (nSPS) is 11.2. The van der Waals surface area contributed by atoms with Crippen LogP contribution in [-0.4, -0.2) is 4.98 Å². The van der Waals surface area contributed by atoms with E-state index in [0.29, 0.717) is 21.0 Å². The number of thiazole rings is 1. The van der Waals surface area contributed by atoms with Gasteiger partial charge in [-0.2, -0.15) is 0 Å². The number of benzene rings is 1. The molecule has 2 rings (SSSR count). The Kier molecular flexibility index (Phi) is 4.21. The van der Waals surface area contributed by atoms with Gasteiger partial charge >= 0.3 is 0 Å². The van der Waals surface area contributed by atoms with Gasteiger partial charge < -0.3 is 5.73 Å². The monoisotopic (exact) mass is 376 g/mol. The Morgan fingerprint density at radius 2 is 2.17 bits per heavy atom. The van der Waals surface area contributed by atoms with Crippen molar-refractivity contribution in [2.75, 3.05) is 5.73 Å². The van der Waals surface area contributed by atoms with Gasteiger partial charge in [0.1, 0.15) is 5.82 Å². The molecule has 0 saturated heterocycles. The Bertz CT molecular complexity index is 566. The van der Waals surface area contributed by atoms with Gasteiger partial charge in [0.05, 0.1) is 9.26 Å². The zero-order chi connectivity index (χ0) is 13.3. The van der Waals surface area contributed by atoms with E-state index >= 15 is 0 Å². The summed E-state index contributed by atoms with van der Waals surface area (Å²) in [6, 6.07) is 5.17. The lowest BCUT2D eigenvalue weighted by atomic mass is 10.0. The Morgan fingerprint density at radius 1 is 1.44 bits per heavy atom. The molecule has 0 amide bonds. The molecule has 96 valence electrons. The largest absolute Gasteiger partial charge is 0.375 e. The fraction of sp³-hybridized carbons (Fsp3) is 0.308. The highest BCUT2D eigenvalue weighted by Crippen LogP contribution is 2.30. The number of nitrogens with zero attached hydrogens (tertiary/aromatic N) is 1. The fourth-order valence-corrected chi connectivity index (χ4v) is 3.38. The summed E-state index contributed by atoms with van der Waals surface area (Å²) in [5.74, 6) is 0.163. The summed E-state index contributed by atoms with van der Waals surface area (Å²) in [5.41, 5.74) is 7.78. The first-order valence-electron chi connectivity index (χ1n) is 5.67. The van der Waals surface area contributed by atoms with Crippen molar-refractivity contribution in [3.05, 3.63) is 43.7 Å². The second kappa shape index (κ2) is 5.52. The summed E-state index contributed by atoms with van der Waals surface area (Å²) in [4.78, 5) is 5.49. The molecule has 18 heavy (non-hydrogen) atoms. The van der Waals surface area contributed by atoms with E-state index in [1.165, 1.54) is 17.4 Å². The van der Waals surface area contributed by atoms with Crippen molar-refractivity contribution in [3.63, 3.8) is 0 Å². The second-order valence-electron chi connectivity index (χ2n) is 4.40. The number of aromatic nitrogens is 1. The zero-order valence-electron chi connectivity index (χ0n) is 10.2. The number of halogens is 2. The van der Waals surface area contributed by atoms with E-state index in [9.17, 15) is 4.39 Å². The maximum absolute atomic E-state index is 13.5. The summed E-state index contributed by atoms with van der Waals surface area (Å²) in [5, 5.41) is 0.583. The van der Waals surface area contributed by atoms with Crippen LogP contribution in [-0.2, 0) is 6.42 Å². The molecule has 0 spiro atoms. The molecule has 1 aromatic carbocycles. The molecule has 2 nitrogen and oxygen atoms in total. The maximum atomic E-state index is 13.5. The van der Waals surface area contributed by atoms with Gasteiger partial charge in [-0.05, 0) is 40.1 Å². The maximum Gasteiger partial charge on any atom is 0.180 e. The van der Waals surface area contributed by atoms with Crippen LogP contribution in [0.5, 0.6) is 0 Å². The summed E-state index contributed by atoms with van der Waals surface area (Å²) < 4.78 is 14.2. The molecule has 0 unspecified atom stereocenters. The standard InChI is InChI=1S/C13H14FIN2S/c1-7(2)12-10(18-13(16)17-12)6-8-4-3-5-9(14)11(8)15/h3-5,7H,6H2,1-2H3,(H2,16,17). The van der Waals surface area contributed by atoms with E-state index in [-0.39, 0.29) is 5.82 Å². The predicted octanol–water partition coefficient (Wildman–Crippen LogP) is 4.18. The SMILES string of the molecule is CC(C)c1nc(N)sc1Cc1cccc(F)c1I. The smallest absolute Gasteiger partial charge is 0.180 e. The minimum absolute atomic E-state index is 0.170. The van der Waals surface area contributed by atoms with E-state index < -0.39 is 0 Å². The van der Waals surface area contributed by atoms with Crippen LogP contribution in [0.25, 0.3) is 0 Å². The molecule has 0 atom stereocenters. The van der Waals surface area contributed by atoms with Crippen molar-refractivity contribution >= 4 is 39.1 Å². The molecule has 2 N–H and O–H groups in total. The van der Waals surface area contributed by atoms with Crippen LogP contribution in [0.2, 0.25) is 0 Å². The zero-order valence-corrected chi connectivity index (χ0v) is 13.2. The van der Waals surface area contributed by atoms with E-state index in [1.54, 1.807) is 6.07 Å². The van der Waals surface area contributed by atoms with Crippen LogP contribution in [0.3, 0.4) is 0 Å². The number of nitrogens with two attached hydrogens (primary N) is 1. The Balaban J connectivity index is 2.37. The minimum Gasteiger partial charge on any atom is -0.375 e. The molecule has 5 heteroatoms. The van der Waals surface area contributed by atoms with E-state index in [4.69, 9.17) is 5.73 Å². The Hall–Kier alpha value is -0.690. The van der Waals surface area contributed by atoms with Gasteiger partial charge in [0.15, 0.2) is 5.13 Å². The molecule has 0 aliphatic carbocycles. The lowest BCUT2D eigenvalue weighted by Gasteiger charge is -2.07. The molecule has 0 saturated carbocycles. The van der Waals surface area contributed by atoms with Gasteiger partial charge in [-0.1, -0.05) is 26.0 Å². The molecule has 0 aliphatic rings. The molecule has 0 bridgehead atoms. The third-order valence-electron chi connectivity index (χ3n) is 2.67. The number of rotatable bonds is 3. The van der Waals surface area contributed by atoms with Crippen molar-refractivity contribution in [3.8, 4) is 0 Å². The first-order valence-corrected chi connectivity index (χ1v) is 7.56. The average molecular weight is 376 g/mol. The van der Waals surface area contributed by atoms with Crippen LogP contribution < -0.4 is 5.73 Å². The average Bonchev–Trinajstić information content (AvgIpc) is 2.66. The second-order valence-corrected chi connectivity index (χ2v) is 6.60. The van der Waals surface area contributed by atoms with Gasteiger partial charge in [-0.15, -0.1) is 11.3 Å². The van der Waals surface area contributed by atoms with E-state index in [2.05, 4.69) is 18.8 Å². The van der Waals surface area contributed by atoms with Crippen molar-refractivity contribution in [2.45, 2.75) is 26.2 Å².